The van der Waals surface area contributed by atoms with Gasteiger partial charge in [-0.15, -0.1) is 0 Å². The number of ether oxygens (including phenoxy) is 1. The molecule has 150 valence electrons. The third-order valence-electron chi connectivity index (χ3n) is 5.67. The van der Waals surface area contributed by atoms with Gasteiger partial charge in [-0.2, -0.15) is 5.10 Å². The number of benzene rings is 1. The van der Waals surface area contributed by atoms with Crippen LogP contribution in [-0.2, 0) is 17.7 Å². The summed E-state index contributed by atoms with van der Waals surface area (Å²) in [6.07, 6.45) is 5.75. The van der Waals surface area contributed by atoms with Crippen molar-refractivity contribution in [3.63, 3.8) is 0 Å². The van der Waals surface area contributed by atoms with Gasteiger partial charge in [0, 0.05) is 49.8 Å². The molecule has 2 aromatic heterocycles. The van der Waals surface area contributed by atoms with Crippen LogP contribution in [0.15, 0.2) is 41.3 Å². The van der Waals surface area contributed by atoms with E-state index in [0.717, 1.165) is 49.7 Å². The first-order valence-corrected chi connectivity index (χ1v) is 10.1. The summed E-state index contributed by atoms with van der Waals surface area (Å²) in [4.78, 5) is 23.6. The van der Waals surface area contributed by atoms with Crippen LogP contribution in [0.1, 0.15) is 40.8 Å². The van der Waals surface area contributed by atoms with Crippen molar-refractivity contribution < 1.29 is 13.9 Å². The van der Waals surface area contributed by atoms with Crippen molar-refractivity contribution in [2.45, 2.75) is 31.7 Å². The van der Waals surface area contributed by atoms with Gasteiger partial charge < -0.3 is 14.1 Å². The maximum Gasteiger partial charge on any atom is 0.253 e. The number of nitrogens with zero attached hydrogens (tertiary/aromatic N) is 5. The molecule has 8 nitrogen and oxygen atoms in total. The van der Waals surface area contributed by atoms with E-state index in [1.165, 1.54) is 6.39 Å². The molecular weight excluding hydrogens is 370 g/mol. The summed E-state index contributed by atoms with van der Waals surface area (Å²) in [6.45, 7) is 3.52. The Hall–Kier alpha value is -3.00. The molecule has 0 saturated carbocycles. The smallest absolute Gasteiger partial charge is 0.253 e. The molecule has 2 aliphatic heterocycles. The summed E-state index contributed by atoms with van der Waals surface area (Å²) in [5.41, 5.74) is 1.57. The van der Waals surface area contributed by atoms with Crippen LogP contribution in [0.2, 0.25) is 0 Å². The summed E-state index contributed by atoms with van der Waals surface area (Å²) in [6, 6.07) is 7.45. The van der Waals surface area contributed by atoms with Gasteiger partial charge in [-0.05, 0) is 25.0 Å². The first-order valence-electron chi connectivity index (χ1n) is 10.1. The molecule has 4 heterocycles. The lowest BCUT2D eigenvalue weighted by atomic mass is 10.00. The van der Waals surface area contributed by atoms with E-state index in [1.807, 2.05) is 33.8 Å². The molecule has 5 rings (SSSR count). The minimum atomic E-state index is 0.0320. The van der Waals surface area contributed by atoms with Crippen molar-refractivity contribution >= 4 is 5.91 Å². The molecule has 1 fully saturated rings. The minimum absolute atomic E-state index is 0.0320. The lowest BCUT2D eigenvalue weighted by Gasteiger charge is -2.21. The molecular formula is C21H23N5O3. The highest BCUT2D eigenvalue weighted by molar-refractivity contribution is 5.94. The highest BCUT2D eigenvalue weighted by Gasteiger charge is 2.25. The maximum atomic E-state index is 13.0. The number of hydrogen-bond acceptors (Lipinski definition) is 6. The summed E-state index contributed by atoms with van der Waals surface area (Å²) in [5.74, 6) is 3.03. The van der Waals surface area contributed by atoms with Gasteiger partial charge in [0.2, 0.25) is 0 Å². The number of rotatable bonds is 3. The number of oxazole rings is 1. The highest BCUT2D eigenvalue weighted by atomic mass is 16.5. The highest BCUT2D eigenvalue weighted by Crippen LogP contribution is 2.25. The lowest BCUT2D eigenvalue weighted by Crippen LogP contribution is -2.33. The van der Waals surface area contributed by atoms with Crippen molar-refractivity contribution in [2.75, 3.05) is 26.3 Å². The minimum Gasteiger partial charge on any atom is -0.444 e. The fraction of sp³-hybridized carbons (Fsp3) is 0.429. The third kappa shape index (κ3) is 3.67. The van der Waals surface area contributed by atoms with Gasteiger partial charge in [-0.25, -0.2) is 14.6 Å². The van der Waals surface area contributed by atoms with E-state index in [4.69, 9.17) is 19.2 Å². The molecule has 1 aromatic carbocycles. The molecule has 0 N–H and O–H groups in total. The maximum absolute atomic E-state index is 13.0. The van der Waals surface area contributed by atoms with Crippen LogP contribution in [0.3, 0.4) is 0 Å². The second-order valence-corrected chi connectivity index (χ2v) is 7.48. The zero-order chi connectivity index (χ0) is 19.6. The monoisotopic (exact) mass is 393 g/mol. The number of carbonyl (C=O) groups excluding carboxylic acids is 1. The van der Waals surface area contributed by atoms with Crippen molar-refractivity contribution in [3.05, 3.63) is 54.1 Å². The Morgan fingerprint density at radius 2 is 1.90 bits per heavy atom. The van der Waals surface area contributed by atoms with Gasteiger partial charge in [-0.1, -0.05) is 12.1 Å². The zero-order valence-corrected chi connectivity index (χ0v) is 16.2. The fourth-order valence-corrected chi connectivity index (χ4v) is 3.97. The molecule has 2 aliphatic rings. The van der Waals surface area contributed by atoms with E-state index in [9.17, 15) is 4.79 Å². The number of amides is 1. The van der Waals surface area contributed by atoms with Gasteiger partial charge in [0.05, 0.1) is 12.7 Å². The molecule has 1 amide bonds. The summed E-state index contributed by atoms with van der Waals surface area (Å²) in [5, 5.41) is 4.74. The van der Waals surface area contributed by atoms with Crippen LogP contribution in [0.4, 0.5) is 0 Å². The molecule has 0 spiro atoms. The van der Waals surface area contributed by atoms with Crippen LogP contribution in [0, 0.1) is 0 Å². The Morgan fingerprint density at radius 3 is 2.66 bits per heavy atom. The Balaban J connectivity index is 1.25. The second kappa shape index (κ2) is 7.79. The van der Waals surface area contributed by atoms with E-state index < -0.39 is 0 Å². The summed E-state index contributed by atoms with van der Waals surface area (Å²) in [7, 11) is 0. The Morgan fingerprint density at radius 1 is 1.07 bits per heavy atom. The SMILES string of the molecule is O=C(c1ccc(-c2cnco2)cc1)N1CCc2nc(C3CCOCC3)nn2CC1. The van der Waals surface area contributed by atoms with E-state index in [2.05, 4.69) is 4.98 Å². The van der Waals surface area contributed by atoms with Crippen LogP contribution in [0.25, 0.3) is 11.3 Å². The number of hydrogen-bond donors (Lipinski definition) is 0. The van der Waals surface area contributed by atoms with E-state index >= 15 is 0 Å². The fourth-order valence-electron chi connectivity index (χ4n) is 3.97. The molecule has 3 aromatic rings. The lowest BCUT2D eigenvalue weighted by molar-refractivity contribution is 0.0756. The van der Waals surface area contributed by atoms with Crippen LogP contribution in [-0.4, -0.2) is 56.9 Å². The molecule has 29 heavy (non-hydrogen) atoms. The Kier molecular flexibility index (Phi) is 4.85. The van der Waals surface area contributed by atoms with Gasteiger partial charge in [-0.3, -0.25) is 4.79 Å². The van der Waals surface area contributed by atoms with Crippen molar-refractivity contribution in [2.24, 2.45) is 0 Å². The largest absolute Gasteiger partial charge is 0.444 e. The normalized spacial score (nSPS) is 17.7. The Bertz CT molecular complexity index is 949. The van der Waals surface area contributed by atoms with Gasteiger partial charge in [0.15, 0.2) is 18.0 Å². The molecule has 0 aliphatic carbocycles. The third-order valence-corrected chi connectivity index (χ3v) is 5.67. The topological polar surface area (TPSA) is 86.3 Å². The number of carbonyl (C=O) groups is 1. The molecule has 0 bridgehead atoms. The van der Waals surface area contributed by atoms with Gasteiger partial charge >= 0.3 is 0 Å². The summed E-state index contributed by atoms with van der Waals surface area (Å²) >= 11 is 0. The Labute approximate surface area is 168 Å². The van der Waals surface area contributed by atoms with E-state index in [-0.39, 0.29) is 5.91 Å². The van der Waals surface area contributed by atoms with E-state index in [1.54, 1.807) is 6.20 Å². The predicted octanol–water partition coefficient (Wildman–Crippen LogP) is 2.53. The standard InChI is InChI=1S/C21H23N5O3/c27-21(17-3-1-15(2-4-17)18-13-22-14-29-18)25-8-5-19-23-20(24-26(19)10-9-25)16-6-11-28-12-7-16/h1-4,13-14,16H,5-12H2. The zero-order valence-electron chi connectivity index (χ0n) is 16.2. The van der Waals surface area contributed by atoms with Crippen LogP contribution < -0.4 is 0 Å². The molecule has 0 radical (unpaired) electrons. The average molecular weight is 393 g/mol. The first kappa shape index (κ1) is 18.1. The number of fused-ring (bicyclic) bond motifs is 1. The van der Waals surface area contributed by atoms with E-state index in [0.29, 0.717) is 36.9 Å². The first-order chi connectivity index (χ1) is 14.3. The van der Waals surface area contributed by atoms with Crippen molar-refractivity contribution in [1.82, 2.24) is 24.6 Å². The van der Waals surface area contributed by atoms with Gasteiger partial charge in [0.1, 0.15) is 5.82 Å². The van der Waals surface area contributed by atoms with Gasteiger partial charge in [0.25, 0.3) is 5.91 Å². The molecule has 0 unspecified atom stereocenters. The van der Waals surface area contributed by atoms with Crippen molar-refractivity contribution in [1.29, 1.82) is 0 Å². The quantitative estimate of drug-likeness (QED) is 0.680. The predicted molar refractivity (Wildman–Crippen MR) is 104 cm³/mol. The number of aromatic nitrogens is 4. The van der Waals surface area contributed by atoms with Crippen molar-refractivity contribution in [3.8, 4) is 11.3 Å². The van der Waals surface area contributed by atoms with Crippen LogP contribution in [0.5, 0.6) is 0 Å². The molecule has 8 heteroatoms. The molecule has 1 saturated heterocycles. The summed E-state index contributed by atoms with van der Waals surface area (Å²) < 4.78 is 12.7. The average Bonchev–Trinajstić information content (AvgIpc) is 3.41. The van der Waals surface area contributed by atoms with Crippen LogP contribution >= 0.6 is 0 Å². The molecule has 0 atom stereocenters. The second-order valence-electron chi connectivity index (χ2n) is 7.48.